The normalized spacial score (nSPS) is 12.5. The number of pyridine rings is 1. The van der Waals surface area contributed by atoms with Gasteiger partial charge in [0.05, 0.1) is 11.7 Å². The highest BCUT2D eigenvalue weighted by Gasteiger charge is 2.15. The lowest BCUT2D eigenvalue weighted by Crippen LogP contribution is -2.34. The van der Waals surface area contributed by atoms with Crippen molar-refractivity contribution in [2.75, 3.05) is 13.6 Å². The van der Waals surface area contributed by atoms with Gasteiger partial charge in [0.1, 0.15) is 6.07 Å². The van der Waals surface area contributed by atoms with E-state index in [1.807, 2.05) is 54.6 Å². The van der Waals surface area contributed by atoms with E-state index in [1.165, 1.54) is 6.20 Å². The Balaban J connectivity index is 1.54. The quantitative estimate of drug-likeness (QED) is 0.498. The number of carbonyl (C=O) groups is 1. The zero-order valence-electron chi connectivity index (χ0n) is 19.1. The lowest BCUT2D eigenvalue weighted by Gasteiger charge is -2.20. The third-order valence-corrected chi connectivity index (χ3v) is 5.65. The zero-order valence-corrected chi connectivity index (χ0v) is 19.1. The average molecular weight is 443 g/mol. The van der Waals surface area contributed by atoms with Crippen molar-refractivity contribution in [2.24, 2.45) is 0 Å². The molecular weight excluding hydrogens is 412 g/mol. The average Bonchev–Trinajstić information content (AvgIpc) is 2.86. The molecule has 2 N–H and O–H groups in total. The molecule has 3 rings (SSSR count). The van der Waals surface area contributed by atoms with Crippen LogP contribution in [0, 0.1) is 11.3 Å². The van der Waals surface area contributed by atoms with Crippen molar-refractivity contribution in [3.63, 3.8) is 0 Å². The first-order chi connectivity index (χ1) is 16.0. The standard InChI is InChI=1S/C27H30N4O2/c1-3-25(30-18-26(32)23-7-5-4-6-8-23)14-20-9-11-24(12-10-20)27(33)31(2)19-22-13-21(15-28)16-29-17-22/h4-13,16-17,25-26,30,32H,3,14,18-19H2,1-2H3/t25-,26-/m0/s1. The van der Waals surface area contributed by atoms with Crippen LogP contribution < -0.4 is 5.32 Å². The molecule has 3 aromatic rings. The molecule has 1 aromatic heterocycles. The molecule has 0 aliphatic rings. The summed E-state index contributed by atoms with van der Waals surface area (Å²) in [5.41, 5.74) is 3.95. The molecular formula is C27H30N4O2. The number of aromatic nitrogens is 1. The Hall–Kier alpha value is -3.53. The van der Waals surface area contributed by atoms with E-state index in [4.69, 9.17) is 5.26 Å². The molecule has 0 saturated carbocycles. The Bertz CT molecular complexity index is 1080. The van der Waals surface area contributed by atoms with E-state index < -0.39 is 6.10 Å². The van der Waals surface area contributed by atoms with Crippen LogP contribution in [0.2, 0.25) is 0 Å². The lowest BCUT2D eigenvalue weighted by molar-refractivity contribution is 0.0785. The molecule has 2 atom stereocenters. The first-order valence-electron chi connectivity index (χ1n) is 11.1. The number of benzene rings is 2. The molecule has 0 aliphatic carbocycles. The molecule has 0 aliphatic heterocycles. The van der Waals surface area contributed by atoms with Gasteiger partial charge in [-0.05, 0) is 47.7 Å². The smallest absolute Gasteiger partial charge is 0.253 e. The second-order valence-electron chi connectivity index (χ2n) is 8.20. The van der Waals surface area contributed by atoms with E-state index in [0.717, 1.165) is 29.5 Å². The minimum absolute atomic E-state index is 0.0833. The van der Waals surface area contributed by atoms with Crippen LogP contribution in [0.3, 0.4) is 0 Å². The number of aliphatic hydroxyl groups is 1. The van der Waals surface area contributed by atoms with Crippen molar-refractivity contribution >= 4 is 5.91 Å². The van der Waals surface area contributed by atoms with Gasteiger partial charge in [-0.2, -0.15) is 5.26 Å². The maximum atomic E-state index is 12.8. The second kappa shape index (κ2) is 11.9. The zero-order chi connectivity index (χ0) is 23.6. The third-order valence-electron chi connectivity index (χ3n) is 5.65. The highest BCUT2D eigenvalue weighted by atomic mass is 16.3. The number of hydrogen-bond donors (Lipinski definition) is 2. The van der Waals surface area contributed by atoms with Gasteiger partial charge in [-0.1, -0.05) is 49.4 Å². The van der Waals surface area contributed by atoms with Crippen LogP contribution in [0.4, 0.5) is 0 Å². The molecule has 0 bridgehead atoms. The van der Waals surface area contributed by atoms with Gasteiger partial charge in [-0.25, -0.2) is 0 Å². The van der Waals surface area contributed by atoms with Gasteiger partial charge < -0.3 is 15.3 Å². The first-order valence-corrected chi connectivity index (χ1v) is 11.1. The van der Waals surface area contributed by atoms with E-state index >= 15 is 0 Å². The molecule has 1 amide bonds. The van der Waals surface area contributed by atoms with E-state index in [0.29, 0.717) is 24.2 Å². The fourth-order valence-corrected chi connectivity index (χ4v) is 3.70. The molecule has 0 fully saturated rings. The van der Waals surface area contributed by atoms with Crippen LogP contribution >= 0.6 is 0 Å². The molecule has 1 heterocycles. The summed E-state index contributed by atoms with van der Waals surface area (Å²) in [5.74, 6) is -0.0833. The van der Waals surface area contributed by atoms with Crippen molar-refractivity contribution in [1.29, 1.82) is 5.26 Å². The van der Waals surface area contributed by atoms with Crippen LogP contribution in [0.15, 0.2) is 73.1 Å². The van der Waals surface area contributed by atoms with Crippen LogP contribution in [0.1, 0.15) is 52.1 Å². The number of carbonyl (C=O) groups excluding carboxylic acids is 1. The minimum Gasteiger partial charge on any atom is -0.387 e. The molecule has 170 valence electrons. The lowest BCUT2D eigenvalue weighted by atomic mass is 10.0. The summed E-state index contributed by atoms with van der Waals surface area (Å²) in [6.45, 7) is 3.00. The number of nitrogens with zero attached hydrogens (tertiary/aromatic N) is 3. The monoisotopic (exact) mass is 442 g/mol. The maximum absolute atomic E-state index is 12.8. The highest BCUT2D eigenvalue weighted by molar-refractivity contribution is 5.94. The maximum Gasteiger partial charge on any atom is 0.253 e. The molecule has 0 unspecified atom stereocenters. The largest absolute Gasteiger partial charge is 0.387 e. The summed E-state index contributed by atoms with van der Waals surface area (Å²) in [7, 11) is 1.74. The van der Waals surface area contributed by atoms with E-state index in [1.54, 1.807) is 24.2 Å². The third kappa shape index (κ3) is 6.98. The Morgan fingerprint density at radius 2 is 1.85 bits per heavy atom. The predicted molar refractivity (Wildman–Crippen MR) is 128 cm³/mol. The summed E-state index contributed by atoms with van der Waals surface area (Å²) in [6.07, 6.45) is 4.38. The Morgan fingerprint density at radius 3 is 2.52 bits per heavy atom. The van der Waals surface area contributed by atoms with Gasteiger partial charge in [-0.15, -0.1) is 0 Å². The van der Waals surface area contributed by atoms with Crippen LogP contribution in [-0.2, 0) is 13.0 Å². The second-order valence-corrected chi connectivity index (χ2v) is 8.20. The van der Waals surface area contributed by atoms with Gasteiger partial charge in [0.2, 0.25) is 0 Å². The first kappa shape index (κ1) is 24.1. The van der Waals surface area contributed by atoms with E-state index in [9.17, 15) is 9.90 Å². The van der Waals surface area contributed by atoms with Crippen molar-refractivity contribution in [1.82, 2.24) is 15.2 Å². The minimum atomic E-state index is -0.542. The molecule has 2 aromatic carbocycles. The highest BCUT2D eigenvalue weighted by Crippen LogP contribution is 2.14. The molecule has 6 heteroatoms. The number of nitrogens with one attached hydrogen (secondary N) is 1. The predicted octanol–water partition coefficient (Wildman–Crippen LogP) is 3.87. The number of rotatable bonds is 10. The van der Waals surface area contributed by atoms with Gasteiger partial charge in [0, 0.05) is 44.1 Å². The molecule has 6 nitrogen and oxygen atoms in total. The number of aliphatic hydroxyl groups excluding tert-OH is 1. The molecule has 0 radical (unpaired) electrons. The SMILES string of the molecule is CC[C@@H](Cc1ccc(C(=O)N(C)Cc2cncc(C#N)c2)cc1)NC[C@H](O)c1ccccc1. The van der Waals surface area contributed by atoms with Gasteiger partial charge >= 0.3 is 0 Å². The van der Waals surface area contributed by atoms with Crippen molar-refractivity contribution in [3.8, 4) is 6.07 Å². The molecule has 0 spiro atoms. The molecule has 0 saturated heterocycles. The van der Waals surface area contributed by atoms with Crippen LogP contribution in [0.5, 0.6) is 0 Å². The Labute approximate surface area is 195 Å². The van der Waals surface area contributed by atoms with E-state index in [-0.39, 0.29) is 11.9 Å². The fourth-order valence-electron chi connectivity index (χ4n) is 3.70. The topological polar surface area (TPSA) is 89.2 Å². The Kier molecular flexibility index (Phi) is 8.71. The van der Waals surface area contributed by atoms with Crippen molar-refractivity contribution in [2.45, 2.75) is 38.5 Å². The van der Waals surface area contributed by atoms with Gasteiger partial charge in [-0.3, -0.25) is 9.78 Å². The van der Waals surface area contributed by atoms with Crippen LogP contribution in [0.25, 0.3) is 0 Å². The summed E-state index contributed by atoms with van der Waals surface area (Å²) in [4.78, 5) is 18.5. The summed E-state index contributed by atoms with van der Waals surface area (Å²) < 4.78 is 0. The van der Waals surface area contributed by atoms with Crippen LogP contribution in [-0.4, -0.2) is 40.5 Å². The number of hydrogen-bond acceptors (Lipinski definition) is 5. The van der Waals surface area contributed by atoms with E-state index in [2.05, 4.69) is 23.3 Å². The number of nitriles is 1. The van der Waals surface area contributed by atoms with Gasteiger partial charge in [0.15, 0.2) is 0 Å². The summed E-state index contributed by atoms with van der Waals surface area (Å²) in [6, 6.07) is 21.4. The van der Waals surface area contributed by atoms with Crippen molar-refractivity contribution < 1.29 is 9.90 Å². The number of amides is 1. The van der Waals surface area contributed by atoms with Gasteiger partial charge in [0.25, 0.3) is 5.91 Å². The van der Waals surface area contributed by atoms with Crippen molar-refractivity contribution in [3.05, 3.63) is 101 Å². The summed E-state index contributed by atoms with van der Waals surface area (Å²) >= 11 is 0. The Morgan fingerprint density at radius 1 is 1.12 bits per heavy atom. The summed E-state index contributed by atoms with van der Waals surface area (Å²) in [5, 5.41) is 22.9. The fraction of sp³-hybridized carbons (Fsp3) is 0.296. The molecule has 33 heavy (non-hydrogen) atoms.